The molecule has 0 unspecified atom stereocenters. The fourth-order valence-corrected chi connectivity index (χ4v) is 3.08. The van der Waals surface area contributed by atoms with Crippen molar-refractivity contribution in [3.63, 3.8) is 0 Å². The first-order valence-corrected chi connectivity index (χ1v) is 11.0. The minimum absolute atomic E-state index is 0.000385. The number of piperidine rings is 1. The molecule has 3 heterocycles. The summed E-state index contributed by atoms with van der Waals surface area (Å²) in [5.74, 6) is -0.0602. The lowest BCUT2D eigenvalue weighted by Gasteiger charge is -2.30. The van der Waals surface area contributed by atoms with E-state index in [9.17, 15) is 9.59 Å². The molecule has 178 valence electrons. The van der Waals surface area contributed by atoms with E-state index in [2.05, 4.69) is 38.6 Å². The Hall–Kier alpha value is -3.63. The number of pyridine rings is 1. The number of rotatable bonds is 5. The molecule has 3 aromatic rings. The number of halogens is 2. The number of likely N-dealkylation sites (tertiary alicyclic amines) is 1. The zero-order chi connectivity index (χ0) is 24.3. The van der Waals surface area contributed by atoms with Crippen LogP contribution >= 0.6 is 23.2 Å². The van der Waals surface area contributed by atoms with E-state index in [0.717, 1.165) is 0 Å². The van der Waals surface area contributed by atoms with E-state index in [-0.39, 0.29) is 17.9 Å². The number of amides is 2. The average Bonchev–Trinajstić information content (AvgIpc) is 3.34. The summed E-state index contributed by atoms with van der Waals surface area (Å²) in [5, 5.41) is 6.77. The molecule has 2 amide bonds. The Balaban J connectivity index is 0.000000751. The monoisotopic (exact) mass is 505 g/mol. The van der Waals surface area contributed by atoms with Crippen molar-refractivity contribution in [1.82, 2.24) is 19.8 Å². The van der Waals surface area contributed by atoms with E-state index in [0.29, 0.717) is 37.2 Å². The smallest absolute Gasteiger partial charge is 0.393 e. The minimum atomic E-state index is -0.889. The summed E-state index contributed by atoms with van der Waals surface area (Å²) in [6.45, 7) is 1.05. The Kier molecular flexibility index (Phi) is 9.24. The zero-order valence-corrected chi connectivity index (χ0v) is 19.4. The Morgan fingerprint density at radius 2 is 1.71 bits per heavy atom. The van der Waals surface area contributed by atoms with Crippen molar-refractivity contribution in [2.45, 2.75) is 18.9 Å². The summed E-state index contributed by atoms with van der Waals surface area (Å²) in [4.78, 5) is 46.4. The molecule has 12 heteroatoms. The van der Waals surface area contributed by atoms with Gasteiger partial charge in [-0.25, -0.2) is 9.78 Å². The molecule has 4 rings (SSSR count). The number of hydrogen-bond donors (Lipinski definition) is 1. The maximum absolute atomic E-state index is 12.4. The molecule has 0 radical (unpaired) electrons. The molecular formula is C22H21Cl2N5O5. The highest BCUT2D eigenvalue weighted by molar-refractivity contribution is 6.93. The van der Waals surface area contributed by atoms with Gasteiger partial charge in [0.2, 0.25) is 5.88 Å². The second-order valence-electron chi connectivity index (χ2n) is 7.00. The molecule has 1 saturated heterocycles. The number of aromatic nitrogens is 3. The highest BCUT2D eigenvalue weighted by atomic mass is 35.5. The molecule has 0 aliphatic carbocycles. The van der Waals surface area contributed by atoms with Crippen molar-refractivity contribution in [2.75, 3.05) is 18.4 Å². The summed E-state index contributed by atoms with van der Waals surface area (Å²) >= 11 is 8.80. The average molecular weight is 506 g/mol. The lowest BCUT2D eigenvalue weighted by Crippen LogP contribution is -2.44. The zero-order valence-electron chi connectivity index (χ0n) is 17.8. The van der Waals surface area contributed by atoms with Crippen LogP contribution in [0.4, 0.5) is 15.3 Å². The van der Waals surface area contributed by atoms with Crippen LogP contribution in [-0.2, 0) is 0 Å². The molecule has 1 aromatic carbocycles. The van der Waals surface area contributed by atoms with Gasteiger partial charge in [0.15, 0.2) is 0 Å². The Bertz CT molecular complexity index is 1070. The van der Waals surface area contributed by atoms with Crippen LogP contribution in [0.15, 0.2) is 67.1 Å². The van der Waals surface area contributed by atoms with Gasteiger partial charge in [0, 0.05) is 37.6 Å². The topological polar surface area (TPSA) is 116 Å². The SMILES string of the molecule is O=C(Cl)Cl.O=C(Nc1ccc(OC(=O)N2CCC(On3cccn3)CC2)nc1)c1ccccc1. The number of benzene rings is 1. The number of hydrogen-bond acceptors (Lipinski definition) is 7. The third-order valence-electron chi connectivity index (χ3n) is 4.66. The van der Waals surface area contributed by atoms with Crippen LogP contribution < -0.4 is 14.9 Å². The van der Waals surface area contributed by atoms with Crippen LogP contribution in [0.3, 0.4) is 0 Å². The van der Waals surface area contributed by atoms with Crippen LogP contribution in [0.5, 0.6) is 5.88 Å². The Labute approximate surface area is 205 Å². The predicted molar refractivity (Wildman–Crippen MR) is 125 cm³/mol. The number of nitrogens with zero attached hydrogens (tertiary/aromatic N) is 4. The molecule has 1 aliphatic heterocycles. The van der Waals surface area contributed by atoms with Crippen LogP contribution in [0, 0.1) is 0 Å². The van der Waals surface area contributed by atoms with Gasteiger partial charge in [-0.1, -0.05) is 18.2 Å². The van der Waals surface area contributed by atoms with E-state index in [4.69, 9.17) is 14.4 Å². The first kappa shape index (κ1) is 25.0. The molecule has 1 N–H and O–H groups in total. The summed E-state index contributed by atoms with van der Waals surface area (Å²) in [5.41, 5.74) is 1.06. The van der Waals surface area contributed by atoms with Crippen molar-refractivity contribution in [3.05, 3.63) is 72.7 Å². The third-order valence-corrected chi connectivity index (χ3v) is 4.66. The van der Waals surface area contributed by atoms with Gasteiger partial charge in [0.25, 0.3) is 5.91 Å². The number of nitrogens with one attached hydrogen (secondary N) is 1. The number of anilines is 1. The van der Waals surface area contributed by atoms with Gasteiger partial charge in [0.1, 0.15) is 6.10 Å². The lowest BCUT2D eigenvalue weighted by molar-refractivity contribution is -0.0163. The number of ether oxygens (including phenoxy) is 1. The second-order valence-corrected chi connectivity index (χ2v) is 7.88. The van der Waals surface area contributed by atoms with Gasteiger partial charge in [-0.3, -0.25) is 9.59 Å². The van der Waals surface area contributed by atoms with E-state index >= 15 is 0 Å². The standard InChI is InChI=1S/C21H21N5O4.CCl2O/c27-20(16-5-2-1-3-6-16)24-17-7-8-19(22-15-17)29-21(28)25-13-9-18(10-14-25)30-26-12-4-11-23-26;2-1(3)4/h1-8,11-12,15,18H,9-10,13-14H2,(H,24,27);. The molecule has 1 aliphatic rings. The molecule has 0 atom stereocenters. The quantitative estimate of drug-likeness (QED) is 0.516. The van der Waals surface area contributed by atoms with Crippen molar-refractivity contribution in [1.29, 1.82) is 0 Å². The Morgan fingerprint density at radius 3 is 2.29 bits per heavy atom. The van der Waals surface area contributed by atoms with Crippen LogP contribution in [-0.4, -0.2) is 55.7 Å². The van der Waals surface area contributed by atoms with Gasteiger partial charge in [-0.05, 0) is 47.5 Å². The molecule has 0 saturated carbocycles. The predicted octanol–water partition coefficient (Wildman–Crippen LogP) is 4.21. The Morgan fingerprint density at radius 1 is 1.00 bits per heavy atom. The van der Waals surface area contributed by atoms with Crippen LogP contribution in [0.2, 0.25) is 0 Å². The molecule has 0 bridgehead atoms. The second kappa shape index (κ2) is 12.6. The molecule has 1 fully saturated rings. The van der Waals surface area contributed by atoms with E-state index in [1.54, 1.807) is 59.8 Å². The largest absolute Gasteiger partial charge is 0.416 e. The van der Waals surface area contributed by atoms with E-state index in [1.165, 1.54) is 11.0 Å². The molecular weight excluding hydrogens is 485 g/mol. The van der Waals surface area contributed by atoms with Crippen LogP contribution in [0.1, 0.15) is 23.2 Å². The van der Waals surface area contributed by atoms with Gasteiger partial charge in [0.05, 0.1) is 24.3 Å². The minimum Gasteiger partial charge on any atom is -0.393 e. The van der Waals surface area contributed by atoms with Gasteiger partial charge in [-0.2, -0.15) is 0 Å². The van der Waals surface area contributed by atoms with Gasteiger partial charge < -0.3 is 19.8 Å². The molecule has 10 nitrogen and oxygen atoms in total. The van der Waals surface area contributed by atoms with Gasteiger partial charge in [-0.15, -0.1) is 9.94 Å². The molecule has 2 aromatic heterocycles. The first-order chi connectivity index (χ1) is 16.4. The van der Waals surface area contributed by atoms with Crippen molar-refractivity contribution in [2.24, 2.45) is 0 Å². The number of carbonyl (C=O) groups excluding carboxylic acids is 3. The van der Waals surface area contributed by atoms with Crippen molar-refractivity contribution in [3.8, 4) is 5.88 Å². The van der Waals surface area contributed by atoms with Crippen LogP contribution in [0.25, 0.3) is 0 Å². The normalized spacial score (nSPS) is 13.3. The molecule has 34 heavy (non-hydrogen) atoms. The fourth-order valence-electron chi connectivity index (χ4n) is 3.08. The summed E-state index contributed by atoms with van der Waals surface area (Å²) in [6, 6.07) is 13.9. The highest BCUT2D eigenvalue weighted by Gasteiger charge is 2.26. The summed E-state index contributed by atoms with van der Waals surface area (Å²) in [6.07, 6.45) is 5.75. The summed E-state index contributed by atoms with van der Waals surface area (Å²) in [7, 11) is 0. The maximum Gasteiger partial charge on any atom is 0.416 e. The third kappa shape index (κ3) is 8.05. The highest BCUT2D eigenvalue weighted by Crippen LogP contribution is 2.16. The van der Waals surface area contributed by atoms with E-state index < -0.39 is 10.8 Å². The van der Waals surface area contributed by atoms with Crippen molar-refractivity contribution >= 4 is 45.6 Å². The fraction of sp³-hybridized carbons (Fsp3) is 0.227. The van der Waals surface area contributed by atoms with Gasteiger partial charge >= 0.3 is 10.8 Å². The van der Waals surface area contributed by atoms with E-state index in [1.807, 2.05) is 6.07 Å². The maximum atomic E-state index is 12.4. The number of carbonyl (C=O) groups is 3. The molecule has 0 spiro atoms. The first-order valence-electron chi connectivity index (χ1n) is 10.2. The lowest BCUT2D eigenvalue weighted by atomic mass is 10.1. The van der Waals surface area contributed by atoms with Crippen molar-refractivity contribution < 1.29 is 24.0 Å². The summed E-state index contributed by atoms with van der Waals surface area (Å²) < 4.78 is 4.46.